The van der Waals surface area contributed by atoms with Gasteiger partial charge in [-0.1, -0.05) is 0 Å². The van der Waals surface area contributed by atoms with Crippen molar-refractivity contribution in [2.45, 2.75) is 46.6 Å². The van der Waals surface area contributed by atoms with Gasteiger partial charge in [0.2, 0.25) is 0 Å². The third kappa shape index (κ3) is 4.18. The van der Waals surface area contributed by atoms with E-state index in [-0.39, 0.29) is 17.5 Å². The molecule has 0 aromatic carbocycles. The Morgan fingerprint density at radius 1 is 1.41 bits per heavy atom. The van der Waals surface area contributed by atoms with Crippen LogP contribution in [0.15, 0.2) is 4.79 Å². The average molecular weight is 306 g/mol. The fraction of sp³-hybridized carbons (Fsp3) is 0.562. The van der Waals surface area contributed by atoms with Crippen LogP contribution in [-0.2, 0) is 22.5 Å². The maximum atomic E-state index is 12.4. The summed E-state index contributed by atoms with van der Waals surface area (Å²) in [6, 6.07) is 1.95. The van der Waals surface area contributed by atoms with Crippen LogP contribution in [0, 0.1) is 25.2 Å². The number of aliphatic carboxylic acids is 1. The Hall–Kier alpha value is -2.13. The van der Waals surface area contributed by atoms with Crippen LogP contribution in [-0.4, -0.2) is 28.9 Å². The Kier molecular flexibility index (Phi) is 6.80. The lowest BCUT2D eigenvalue weighted by atomic mass is 9.98. The summed E-state index contributed by atoms with van der Waals surface area (Å²) in [6.45, 7) is 7.03. The molecule has 0 aliphatic heterocycles. The van der Waals surface area contributed by atoms with E-state index in [1.807, 2.05) is 13.0 Å². The fourth-order valence-corrected chi connectivity index (χ4v) is 2.50. The minimum Gasteiger partial charge on any atom is -0.481 e. The van der Waals surface area contributed by atoms with Crippen molar-refractivity contribution in [3.8, 4) is 6.07 Å². The zero-order valence-electron chi connectivity index (χ0n) is 13.3. The molecule has 0 fully saturated rings. The molecule has 0 spiro atoms. The Morgan fingerprint density at radius 2 is 2.09 bits per heavy atom. The minimum absolute atomic E-state index is 0.0241. The number of nitrogens with zero attached hydrogens (tertiary/aromatic N) is 2. The molecule has 1 aromatic heterocycles. The molecule has 0 aliphatic rings. The first-order valence-electron chi connectivity index (χ1n) is 7.36. The van der Waals surface area contributed by atoms with Gasteiger partial charge in [-0.2, -0.15) is 5.26 Å². The van der Waals surface area contributed by atoms with Gasteiger partial charge in [-0.15, -0.1) is 0 Å². The van der Waals surface area contributed by atoms with Crippen LogP contribution in [0.5, 0.6) is 0 Å². The lowest BCUT2D eigenvalue weighted by Gasteiger charge is -2.17. The lowest BCUT2D eigenvalue weighted by Crippen LogP contribution is -2.28. The quantitative estimate of drug-likeness (QED) is 0.739. The monoisotopic (exact) mass is 306 g/mol. The number of ether oxygens (including phenoxy) is 1. The number of carbonyl (C=O) groups is 1. The van der Waals surface area contributed by atoms with Gasteiger partial charge in [0.25, 0.3) is 5.56 Å². The molecule has 0 bridgehead atoms. The highest BCUT2D eigenvalue weighted by atomic mass is 16.5. The van der Waals surface area contributed by atoms with E-state index in [9.17, 15) is 14.9 Å². The first-order chi connectivity index (χ1) is 10.4. The van der Waals surface area contributed by atoms with Gasteiger partial charge >= 0.3 is 5.97 Å². The third-order valence-electron chi connectivity index (χ3n) is 3.70. The van der Waals surface area contributed by atoms with Gasteiger partial charge in [0, 0.05) is 31.9 Å². The van der Waals surface area contributed by atoms with Gasteiger partial charge < -0.3 is 14.4 Å². The van der Waals surface area contributed by atoms with E-state index in [2.05, 4.69) is 0 Å². The molecule has 6 heteroatoms. The number of rotatable bonds is 8. The standard InChI is InChI=1S/C16H22N2O4/c1-4-22-9-5-8-18-12(3)13(6-7-15(19)20)11(2)14(10-17)16(18)21/h4-9H2,1-3H3,(H,19,20). The van der Waals surface area contributed by atoms with Crippen molar-refractivity contribution in [3.63, 3.8) is 0 Å². The minimum atomic E-state index is -0.897. The molecule has 0 radical (unpaired) electrons. The van der Waals surface area contributed by atoms with E-state index in [0.717, 1.165) is 11.3 Å². The van der Waals surface area contributed by atoms with Crippen molar-refractivity contribution < 1.29 is 14.6 Å². The Bertz CT molecular complexity index is 641. The van der Waals surface area contributed by atoms with Gasteiger partial charge in [0.05, 0.1) is 0 Å². The molecule has 120 valence electrons. The van der Waals surface area contributed by atoms with E-state index >= 15 is 0 Å². The molecule has 1 aromatic rings. The number of pyridine rings is 1. The predicted molar refractivity (Wildman–Crippen MR) is 82.0 cm³/mol. The van der Waals surface area contributed by atoms with Crippen molar-refractivity contribution in [1.29, 1.82) is 5.26 Å². The maximum absolute atomic E-state index is 12.4. The van der Waals surface area contributed by atoms with Crippen molar-refractivity contribution in [3.05, 3.63) is 32.7 Å². The smallest absolute Gasteiger partial charge is 0.303 e. The maximum Gasteiger partial charge on any atom is 0.303 e. The van der Waals surface area contributed by atoms with E-state index in [4.69, 9.17) is 9.84 Å². The molecule has 1 rings (SSSR count). The van der Waals surface area contributed by atoms with E-state index < -0.39 is 5.97 Å². The first-order valence-corrected chi connectivity index (χ1v) is 7.36. The molecule has 0 amide bonds. The third-order valence-corrected chi connectivity index (χ3v) is 3.70. The molecule has 22 heavy (non-hydrogen) atoms. The second-order valence-electron chi connectivity index (χ2n) is 5.08. The van der Waals surface area contributed by atoms with E-state index in [1.165, 1.54) is 0 Å². The number of carboxylic acid groups (broad SMARTS) is 1. The molecule has 6 nitrogen and oxygen atoms in total. The summed E-state index contributed by atoms with van der Waals surface area (Å²) >= 11 is 0. The topological polar surface area (TPSA) is 92.3 Å². The fourth-order valence-electron chi connectivity index (χ4n) is 2.50. The largest absolute Gasteiger partial charge is 0.481 e. The average Bonchev–Trinajstić information content (AvgIpc) is 2.46. The Morgan fingerprint density at radius 3 is 2.64 bits per heavy atom. The molecule has 1 heterocycles. The van der Waals surface area contributed by atoms with E-state index in [0.29, 0.717) is 38.2 Å². The second-order valence-corrected chi connectivity index (χ2v) is 5.08. The van der Waals surface area contributed by atoms with Gasteiger partial charge in [0.1, 0.15) is 11.6 Å². The molecular weight excluding hydrogens is 284 g/mol. The van der Waals surface area contributed by atoms with Gasteiger partial charge in [-0.3, -0.25) is 9.59 Å². The molecular formula is C16H22N2O4. The number of nitriles is 1. The summed E-state index contributed by atoms with van der Waals surface area (Å²) < 4.78 is 6.82. The summed E-state index contributed by atoms with van der Waals surface area (Å²) in [6.07, 6.45) is 0.956. The van der Waals surface area contributed by atoms with Crippen molar-refractivity contribution >= 4 is 5.97 Å². The van der Waals surface area contributed by atoms with Gasteiger partial charge in [-0.05, 0) is 44.7 Å². The number of aromatic nitrogens is 1. The molecule has 1 N–H and O–H groups in total. The Balaban J connectivity index is 3.19. The highest BCUT2D eigenvalue weighted by Gasteiger charge is 2.17. The molecule has 0 aliphatic carbocycles. The molecule has 0 atom stereocenters. The van der Waals surface area contributed by atoms with Crippen LogP contribution in [0.4, 0.5) is 0 Å². The zero-order valence-corrected chi connectivity index (χ0v) is 13.3. The van der Waals surface area contributed by atoms with Crippen molar-refractivity contribution in [2.75, 3.05) is 13.2 Å². The summed E-state index contributed by atoms with van der Waals surface area (Å²) in [5, 5.41) is 18.1. The molecule has 0 unspecified atom stereocenters. The van der Waals surface area contributed by atoms with Crippen LogP contribution in [0.25, 0.3) is 0 Å². The predicted octanol–water partition coefficient (Wildman–Crippen LogP) is 1.78. The summed E-state index contributed by atoms with van der Waals surface area (Å²) in [5.41, 5.74) is 1.89. The van der Waals surface area contributed by atoms with Gasteiger partial charge in [0.15, 0.2) is 0 Å². The van der Waals surface area contributed by atoms with Crippen LogP contribution in [0.3, 0.4) is 0 Å². The van der Waals surface area contributed by atoms with E-state index in [1.54, 1.807) is 18.4 Å². The number of carboxylic acids is 1. The van der Waals surface area contributed by atoms with Crippen LogP contribution < -0.4 is 5.56 Å². The molecule has 0 saturated heterocycles. The summed E-state index contributed by atoms with van der Waals surface area (Å²) in [7, 11) is 0. The summed E-state index contributed by atoms with van der Waals surface area (Å²) in [4.78, 5) is 23.2. The van der Waals surface area contributed by atoms with Crippen LogP contribution in [0.1, 0.15) is 42.1 Å². The normalized spacial score (nSPS) is 10.5. The Labute approximate surface area is 129 Å². The lowest BCUT2D eigenvalue weighted by molar-refractivity contribution is -0.136. The zero-order chi connectivity index (χ0) is 16.7. The van der Waals surface area contributed by atoms with Crippen LogP contribution in [0.2, 0.25) is 0 Å². The SMILES string of the molecule is CCOCCCn1c(C)c(CCC(=O)O)c(C)c(C#N)c1=O. The van der Waals surface area contributed by atoms with Crippen molar-refractivity contribution in [2.24, 2.45) is 0 Å². The second kappa shape index (κ2) is 8.35. The highest BCUT2D eigenvalue weighted by Crippen LogP contribution is 2.17. The molecule has 0 saturated carbocycles. The van der Waals surface area contributed by atoms with Crippen LogP contribution >= 0.6 is 0 Å². The number of hydrogen-bond acceptors (Lipinski definition) is 4. The van der Waals surface area contributed by atoms with Crippen molar-refractivity contribution in [1.82, 2.24) is 4.57 Å². The number of hydrogen-bond donors (Lipinski definition) is 1. The van der Waals surface area contributed by atoms with Gasteiger partial charge in [-0.25, -0.2) is 0 Å². The highest BCUT2D eigenvalue weighted by molar-refractivity contribution is 5.67. The first kappa shape index (κ1) is 17.9. The summed E-state index contributed by atoms with van der Waals surface area (Å²) in [5.74, 6) is -0.897.